The zero-order valence-corrected chi connectivity index (χ0v) is 24.3. The van der Waals surface area contributed by atoms with E-state index in [0.717, 1.165) is 33.8 Å². The van der Waals surface area contributed by atoms with Crippen LogP contribution in [0.5, 0.6) is 17.2 Å². The normalized spacial score (nSPS) is 22.7. The molecule has 2 aliphatic rings. The largest absolute Gasteiger partial charge is 0.497 e. The average Bonchev–Trinajstić information content (AvgIpc) is 3.53. The topological polar surface area (TPSA) is 75.6 Å². The molecule has 7 nitrogen and oxygen atoms in total. The first-order valence-electron chi connectivity index (χ1n) is 14.3. The molecule has 0 saturated carbocycles. The van der Waals surface area contributed by atoms with Crippen molar-refractivity contribution in [2.24, 2.45) is 0 Å². The van der Waals surface area contributed by atoms with Crippen LogP contribution >= 0.6 is 0 Å². The highest BCUT2D eigenvalue weighted by molar-refractivity contribution is 5.50. The maximum absolute atomic E-state index is 11.6. The van der Waals surface area contributed by atoms with Gasteiger partial charge in [0.25, 0.3) is 0 Å². The van der Waals surface area contributed by atoms with Crippen molar-refractivity contribution in [1.29, 1.82) is 0 Å². The summed E-state index contributed by atoms with van der Waals surface area (Å²) in [5, 5.41) is 11.6. The molecule has 7 heteroatoms. The summed E-state index contributed by atoms with van der Waals surface area (Å²) in [7, 11) is 3.29. The number of rotatable bonds is 12. The molecule has 2 bridgehead atoms. The Kier molecular flexibility index (Phi) is 8.23. The zero-order chi connectivity index (χ0) is 29.9. The van der Waals surface area contributed by atoms with E-state index >= 15 is 0 Å². The predicted molar refractivity (Wildman–Crippen MR) is 163 cm³/mol. The van der Waals surface area contributed by atoms with Crippen LogP contribution in [0.4, 0.5) is 0 Å². The first-order chi connectivity index (χ1) is 21.0. The first-order valence-corrected chi connectivity index (χ1v) is 14.3. The second kappa shape index (κ2) is 12.2. The predicted octanol–water partition coefficient (Wildman–Crippen LogP) is 5.85. The van der Waals surface area contributed by atoms with E-state index in [4.69, 9.17) is 28.4 Å². The van der Waals surface area contributed by atoms with Gasteiger partial charge in [0.1, 0.15) is 53.4 Å². The molecule has 4 aromatic rings. The highest BCUT2D eigenvalue weighted by Crippen LogP contribution is 2.51. The van der Waals surface area contributed by atoms with E-state index in [0.29, 0.717) is 12.4 Å². The lowest BCUT2D eigenvalue weighted by Gasteiger charge is -2.39. The Hall–Kier alpha value is -4.14. The Labute approximate surface area is 252 Å². The minimum atomic E-state index is -1.10. The summed E-state index contributed by atoms with van der Waals surface area (Å²) in [6, 6.07) is 33.4. The van der Waals surface area contributed by atoms with Gasteiger partial charge in [0.15, 0.2) is 0 Å². The van der Waals surface area contributed by atoms with Gasteiger partial charge in [-0.1, -0.05) is 85.5 Å². The van der Waals surface area contributed by atoms with Crippen molar-refractivity contribution in [2.75, 3.05) is 34.0 Å². The van der Waals surface area contributed by atoms with Crippen molar-refractivity contribution in [2.45, 2.75) is 29.5 Å². The standard InChI is InChI=1S/C36H36O7/c1-4-22-40-31-13-9-8-12-30(31)32-33-34(37)35(43-32,23-41-33)24-42-36(25-10-6-5-7-11-25,26-14-18-28(38-2)19-15-26)27-16-20-29(39-3)21-17-27/h4-21,32-34,37H,1,22-24H2,2-3H3/t32-,33+,34?,35+/m0/s1. The van der Waals surface area contributed by atoms with Crippen LogP contribution in [0, 0.1) is 0 Å². The lowest BCUT2D eigenvalue weighted by atomic mass is 9.79. The molecule has 2 aliphatic heterocycles. The van der Waals surface area contributed by atoms with E-state index in [9.17, 15) is 5.11 Å². The summed E-state index contributed by atoms with van der Waals surface area (Å²) in [5.41, 5.74) is 1.37. The Morgan fingerprint density at radius 2 is 1.42 bits per heavy atom. The first kappa shape index (κ1) is 29.0. The number of aliphatic hydroxyl groups excluding tert-OH is 1. The summed E-state index contributed by atoms with van der Waals surface area (Å²) in [5.74, 6) is 2.14. The molecule has 0 aromatic heterocycles. The lowest BCUT2D eigenvalue weighted by molar-refractivity contribution is -0.185. The highest BCUT2D eigenvalue weighted by Gasteiger charge is 2.62. The van der Waals surface area contributed by atoms with E-state index < -0.39 is 29.5 Å². The molecular weight excluding hydrogens is 544 g/mol. The second-order valence-corrected chi connectivity index (χ2v) is 10.8. The van der Waals surface area contributed by atoms with E-state index in [1.807, 2.05) is 103 Å². The van der Waals surface area contributed by atoms with Crippen molar-refractivity contribution in [1.82, 2.24) is 0 Å². The number of aliphatic hydroxyl groups is 1. The fraction of sp³-hybridized carbons (Fsp3) is 0.278. The lowest BCUT2D eigenvalue weighted by Crippen LogP contribution is -2.48. The number of fused-ring (bicyclic) bond motifs is 2. The van der Waals surface area contributed by atoms with Gasteiger partial charge in [-0.15, -0.1) is 0 Å². The van der Waals surface area contributed by atoms with Gasteiger partial charge in [-0.3, -0.25) is 0 Å². The minimum absolute atomic E-state index is 0.0593. The van der Waals surface area contributed by atoms with Crippen molar-refractivity contribution >= 4 is 0 Å². The van der Waals surface area contributed by atoms with Gasteiger partial charge in [-0.05, 0) is 47.0 Å². The van der Waals surface area contributed by atoms with Crippen LogP contribution < -0.4 is 14.2 Å². The smallest absolute Gasteiger partial charge is 0.144 e. The molecule has 1 N–H and O–H groups in total. The Balaban J connectivity index is 1.41. The monoisotopic (exact) mass is 580 g/mol. The van der Waals surface area contributed by atoms with Gasteiger partial charge >= 0.3 is 0 Å². The minimum Gasteiger partial charge on any atom is -0.497 e. The molecule has 43 heavy (non-hydrogen) atoms. The van der Waals surface area contributed by atoms with Crippen LogP contribution in [-0.4, -0.2) is 57.0 Å². The van der Waals surface area contributed by atoms with Gasteiger partial charge in [-0.25, -0.2) is 0 Å². The fourth-order valence-corrected chi connectivity index (χ4v) is 6.09. The molecular formula is C36H36O7. The molecule has 222 valence electrons. The summed E-state index contributed by atoms with van der Waals surface area (Å²) >= 11 is 0. The molecule has 0 spiro atoms. The third-order valence-corrected chi connectivity index (χ3v) is 8.32. The molecule has 4 aromatic carbocycles. The van der Waals surface area contributed by atoms with Crippen LogP contribution in [0.1, 0.15) is 28.4 Å². The average molecular weight is 581 g/mol. The molecule has 0 aliphatic carbocycles. The van der Waals surface area contributed by atoms with Crippen molar-refractivity contribution < 1.29 is 33.5 Å². The summed E-state index contributed by atoms with van der Waals surface area (Å²) in [6.45, 7) is 4.37. The number of methoxy groups -OCH3 is 2. The summed E-state index contributed by atoms with van der Waals surface area (Å²) in [4.78, 5) is 0. The third-order valence-electron chi connectivity index (χ3n) is 8.32. The van der Waals surface area contributed by atoms with Gasteiger partial charge in [-0.2, -0.15) is 0 Å². The zero-order valence-electron chi connectivity index (χ0n) is 24.3. The number of hydrogen-bond donors (Lipinski definition) is 1. The summed E-state index contributed by atoms with van der Waals surface area (Å²) in [6.07, 6.45) is -0.308. The second-order valence-electron chi connectivity index (χ2n) is 10.8. The number of benzene rings is 4. The van der Waals surface area contributed by atoms with Crippen LogP contribution in [0.15, 0.2) is 116 Å². The highest BCUT2D eigenvalue weighted by atomic mass is 16.7. The van der Waals surface area contributed by atoms with Crippen LogP contribution in [0.25, 0.3) is 0 Å². The van der Waals surface area contributed by atoms with Crippen LogP contribution in [0.2, 0.25) is 0 Å². The van der Waals surface area contributed by atoms with E-state index in [1.165, 1.54) is 0 Å². The molecule has 6 rings (SSSR count). The van der Waals surface area contributed by atoms with Crippen molar-refractivity contribution in [3.63, 3.8) is 0 Å². The SMILES string of the molecule is C=CCOc1ccccc1[C@@H]1O[C@@]2(COC(c3ccccc3)(c3ccc(OC)cc3)c3ccc(OC)cc3)CO[C@H]1C2O. The Morgan fingerprint density at radius 1 is 0.837 bits per heavy atom. The molecule has 2 fully saturated rings. The maximum atomic E-state index is 11.6. The molecule has 0 amide bonds. The molecule has 0 radical (unpaired) electrons. The summed E-state index contributed by atoms with van der Waals surface area (Å²) < 4.78 is 36.8. The quantitative estimate of drug-likeness (QED) is 0.167. The van der Waals surface area contributed by atoms with E-state index in [1.54, 1.807) is 20.3 Å². The van der Waals surface area contributed by atoms with Gasteiger partial charge < -0.3 is 33.5 Å². The fourth-order valence-electron chi connectivity index (χ4n) is 6.09. The molecule has 4 atom stereocenters. The van der Waals surface area contributed by atoms with Crippen LogP contribution in [0.3, 0.4) is 0 Å². The number of hydrogen-bond acceptors (Lipinski definition) is 7. The molecule has 1 unspecified atom stereocenters. The van der Waals surface area contributed by atoms with Crippen LogP contribution in [-0.2, 0) is 19.8 Å². The number of para-hydroxylation sites is 1. The molecule has 2 saturated heterocycles. The van der Waals surface area contributed by atoms with E-state index in [2.05, 4.69) is 6.58 Å². The van der Waals surface area contributed by atoms with Gasteiger partial charge in [0.2, 0.25) is 0 Å². The van der Waals surface area contributed by atoms with Gasteiger partial charge in [0, 0.05) is 5.56 Å². The van der Waals surface area contributed by atoms with E-state index in [-0.39, 0.29) is 13.2 Å². The Morgan fingerprint density at radius 3 is 2.02 bits per heavy atom. The number of ether oxygens (including phenoxy) is 6. The van der Waals surface area contributed by atoms with Crippen molar-refractivity contribution in [3.8, 4) is 17.2 Å². The van der Waals surface area contributed by atoms with Crippen molar-refractivity contribution in [3.05, 3.63) is 138 Å². The maximum Gasteiger partial charge on any atom is 0.144 e. The third kappa shape index (κ3) is 5.19. The Bertz CT molecular complexity index is 1470. The molecule has 2 heterocycles. The van der Waals surface area contributed by atoms with Gasteiger partial charge in [0.05, 0.1) is 27.4 Å².